The minimum absolute atomic E-state index is 0.111. The highest BCUT2D eigenvalue weighted by Gasteiger charge is 2.32. The molecule has 0 aromatic heterocycles. The summed E-state index contributed by atoms with van der Waals surface area (Å²) in [5.74, 6) is -1.20. The van der Waals surface area contributed by atoms with Crippen molar-refractivity contribution in [2.75, 3.05) is 0 Å². The Kier molecular flexibility index (Phi) is 3.37. The smallest absolute Gasteiger partial charge is 0.416 e. The van der Waals surface area contributed by atoms with Crippen LogP contribution in [0.2, 0.25) is 0 Å². The third-order valence-corrected chi connectivity index (χ3v) is 1.99. The van der Waals surface area contributed by atoms with E-state index in [4.69, 9.17) is 5.11 Å². The maximum atomic E-state index is 12.5. The van der Waals surface area contributed by atoms with Gasteiger partial charge in [-0.3, -0.25) is 0 Å². The molecule has 5 heteroatoms. The lowest BCUT2D eigenvalue weighted by molar-refractivity contribution is -0.138. The fourth-order valence-corrected chi connectivity index (χ4v) is 1.22. The molecular formula is C11H9F3O2. The van der Waals surface area contributed by atoms with E-state index in [1.165, 1.54) is 19.1 Å². The number of carboxylic acid groups (broad SMARTS) is 1. The molecule has 0 heterocycles. The van der Waals surface area contributed by atoms with E-state index >= 15 is 0 Å². The molecule has 0 unspecified atom stereocenters. The molecule has 1 N–H and O–H groups in total. The Morgan fingerprint density at radius 3 is 2.50 bits per heavy atom. The van der Waals surface area contributed by atoms with Gasteiger partial charge in [-0.15, -0.1) is 0 Å². The first-order chi connectivity index (χ1) is 7.30. The molecule has 1 rings (SSSR count). The van der Waals surface area contributed by atoms with Gasteiger partial charge >= 0.3 is 12.1 Å². The molecule has 1 aromatic rings. The van der Waals surface area contributed by atoms with Crippen LogP contribution in [0.5, 0.6) is 0 Å². The van der Waals surface area contributed by atoms with E-state index in [1.807, 2.05) is 0 Å². The monoisotopic (exact) mass is 230 g/mol. The van der Waals surface area contributed by atoms with Crippen molar-refractivity contribution in [3.63, 3.8) is 0 Å². The maximum absolute atomic E-state index is 12.5. The number of aryl methyl sites for hydroxylation is 1. The van der Waals surface area contributed by atoms with Crippen LogP contribution in [0, 0.1) is 6.92 Å². The van der Waals surface area contributed by atoms with Crippen LogP contribution in [0.15, 0.2) is 24.3 Å². The minimum atomic E-state index is -4.42. The minimum Gasteiger partial charge on any atom is -0.478 e. The SMILES string of the molecule is Cc1ccc(C=CC(=O)O)cc1C(F)(F)F. The van der Waals surface area contributed by atoms with Crippen molar-refractivity contribution in [3.05, 3.63) is 41.0 Å². The van der Waals surface area contributed by atoms with Gasteiger partial charge in [-0.25, -0.2) is 4.79 Å². The number of rotatable bonds is 2. The van der Waals surface area contributed by atoms with Gasteiger partial charge in [0.05, 0.1) is 5.56 Å². The predicted molar refractivity (Wildman–Crippen MR) is 52.9 cm³/mol. The number of aliphatic carboxylic acids is 1. The van der Waals surface area contributed by atoms with Crippen molar-refractivity contribution in [2.24, 2.45) is 0 Å². The molecule has 0 fully saturated rings. The molecule has 0 radical (unpaired) electrons. The zero-order chi connectivity index (χ0) is 12.3. The molecule has 0 saturated carbocycles. The molecule has 0 spiro atoms. The average Bonchev–Trinajstić information content (AvgIpc) is 2.14. The molecule has 0 aliphatic rings. The van der Waals surface area contributed by atoms with Gasteiger partial charge in [-0.05, 0) is 30.2 Å². The molecule has 16 heavy (non-hydrogen) atoms. The molecular weight excluding hydrogens is 221 g/mol. The first-order valence-electron chi connectivity index (χ1n) is 4.39. The number of hydrogen-bond acceptors (Lipinski definition) is 1. The Labute approximate surface area is 90.0 Å². The molecule has 86 valence electrons. The molecule has 0 atom stereocenters. The van der Waals surface area contributed by atoms with Gasteiger partial charge in [-0.2, -0.15) is 13.2 Å². The van der Waals surface area contributed by atoms with E-state index in [0.29, 0.717) is 0 Å². The Hall–Kier alpha value is -1.78. The second kappa shape index (κ2) is 4.38. The second-order valence-electron chi connectivity index (χ2n) is 3.24. The normalized spacial score (nSPS) is 12.0. The summed E-state index contributed by atoms with van der Waals surface area (Å²) in [6.45, 7) is 1.35. The average molecular weight is 230 g/mol. The van der Waals surface area contributed by atoms with Crippen molar-refractivity contribution in [3.8, 4) is 0 Å². The number of benzene rings is 1. The van der Waals surface area contributed by atoms with Gasteiger partial charge in [0.15, 0.2) is 0 Å². The number of alkyl halides is 3. The van der Waals surface area contributed by atoms with E-state index in [1.54, 1.807) is 0 Å². The lowest BCUT2D eigenvalue weighted by Crippen LogP contribution is -2.07. The second-order valence-corrected chi connectivity index (χ2v) is 3.24. The van der Waals surface area contributed by atoms with E-state index in [0.717, 1.165) is 18.2 Å². The van der Waals surface area contributed by atoms with Crippen LogP contribution < -0.4 is 0 Å². The topological polar surface area (TPSA) is 37.3 Å². The van der Waals surface area contributed by atoms with Gasteiger partial charge < -0.3 is 5.11 Å². The largest absolute Gasteiger partial charge is 0.478 e. The molecule has 0 aliphatic heterocycles. The third kappa shape index (κ3) is 3.12. The lowest BCUT2D eigenvalue weighted by Gasteiger charge is -2.10. The standard InChI is InChI=1S/C11H9F3O2/c1-7-2-3-8(4-5-10(15)16)6-9(7)11(12,13)14/h2-6H,1H3,(H,15,16). The molecule has 2 nitrogen and oxygen atoms in total. The highest BCUT2D eigenvalue weighted by molar-refractivity contribution is 5.85. The summed E-state index contributed by atoms with van der Waals surface area (Å²) in [5, 5.41) is 8.35. The van der Waals surface area contributed by atoms with Gasteiger partial charge in [0.2, 0.25) is 0 Å². The first kappa shape index (κ1) is 12.3. The summed E-state index contributed by atoms with van der Waals surface area (Å²) in [5.41, 5.74) is -0.430. The van der Waals surface area contributed by atoms with E-state index in [9.17, 15) is 18.0 Å². The van der Waals surface area contributed by atoms with Crippen molar-refractivity contribution in [1.29, 1.82) is 0 Å². The number of halogens is 3. The van der Waals surface area contributed by atoms with Gasteiger partial charge in [0.1, 0.15) is 0 Å². The number of hydrogen-bond donors (Lipinski definition) is 1. The van der Waals surface area contributed by atoms with Crippen molar-refractivity contribution >= 4 is 12.0 Å². The van der Waals surface area contributed by atoms with Crippen LogP contribution >= 0.6 is 0 Å². The third-order valence-electron chi connectivity index (χ3n) is 1.99. The van der Waals surface area contributed by atoms with E-state index in [2.05, 4.69) is 0 Å². The Bertz CT molecular complexity index is 433. The zero-order valence-corrected chi connectivity index (χ0v) is 8.38. The van der Waals surface area contributed by atoms with Crippen molar-refractivity contribution in [2.45, 2.75) is 13.1 Å². The fourth-order valence-electron chi connectivity index (χ4n) is 1.22. The van der Waals surface area contributed by atoms with Crippen LogP contribution in [0.4, 0.5) is 13.2 Å². The summed E-state index contributed by atoms with van der Waals surface area (Å²) in [4.78, 5) is 10.2. The quantitative estimate of drug-likeness (QED) is 0.792. The molecule has 0 saturated heterocycles. The summed E-state index contributed by atoms with van der Waals surface area (Å²) in [6, 6.07) is 3.67. The molecule has 1 aromatic carbocycles. The van der Waals surface area contributed by atoms with Crippen LogP contribution in [0.3, 0.4) is 0 Å². The van der Waals surface area contributed by atoms with Gasteiger partial charge in [0, 0.05) is 6.08 Å². The molecule has 0 bridgehead atoms. The zero-order valence-electron chi connectivity index (χ0n) is 8.38. The van der Waals surface area contributed by atoms with E-state index < -0.39 is 17.7 Å². The highest BCUT2D eigenvalue weighted by Crippen LogP contribution is 2.32. The van der Waals surface area contributed by atoms with Gasteiger partial charge in [0.25, 0.3) is 0 Å². The Balaban J connectivity index is 3.13. The lowest BCUT2D eigenvalue weighted by atomic mass is 10.0. The van der Waals surface area contributed by atoms with Crippen LogP contribution in [0.25, 0.3) is 6.08 Å². The van der Waals surface area contributed by atoms with E-state index in [-0.39, 0.29) is 11.1 Å². The summed E-state index contributed by atoms with van der Waals surface area (Å²) in [6.07, 6.45) is -2.50. The number of carbonyl (C=O) groups is 1. The fraction of sp³-hybridized carbons (Fsp3) is 0.182. The van der Waals surface area contributed by atoms with Crippen LogP contribution in [-0.2, 0) is 11.0 Å². The van der Waals surface area contributed by atoms with Gasteiger partial charge in [-0.1, -0.05) is 12.1 Å². The summed E-state index contributed by atoms with van der Waals surface area (Å²) in [7, 11) is 0. The van der Waals surface area contributed by atoms with Crippen LogP contribution in [-0.4, -0.2) is 11.1 Å². The summed E-state index contributed by atoms with van der Waals surface area (Å²) < 4.78 is 37.5. The highest BCUT2D eigenvalue weighted by atomic mass is 19.4. The van der Waals surface area contributed by atoms with Crippen molar-refractivity contribution in [1.82, 2.24) is 0 Å². The molecule has 0 aliphatic carbocycles. The predicted octanol–water partition coefficient (Wildman–Crippen LogP) is 3.11. The number of carboxylic acids is 1. The maximum Gasteiger partial charge on any atom is 0.416 e. The van der Waals surface area contributed by atoms with Crippen molar-refractivity contribution < 1.29 is 23.1 Å². The molecule has 0 amide bonds. The summed E-state index contributed by atoms with van der Waals surface area (Å²) >= 11 is 0. The van der Waals surface area contributed by atoms with Crippen LogP contribution in [0.1, 0.15) is 16.7 Å². The Morgan fingerprint density at radius 1 is 1.38 bits per heavy atom. The first-order valence-corrected chi connectivity index (χ1v) is 4.39. The Morgan fingerprint density at radius 2 is 2.00 bits per heavy atom.